The zero-order chi connectivity index (χ0) is 13.2. The van der Waals surface area contributed by atoms with Gasteiger partial charge in [-0.15, -0.1) is 0 Å². The molecule has 3 rings (SSSR count). The number of hydrogen-bond acceptors (Lipinski definition) is 3. The van der Waals surface area contributed by atoms with Crippen molar-refractivity contribution >= 4 is 5.97 Å². The van der Waals surface area contributed by atoms with E-state index in [2.05, 4.69) is 20.8 Å². The Morgan fingerprint density at radius 3 is 2.78 bits per heavy atom. The molecule has 0 bridgehead atoms. The maximum atomic E-state index is 11.5. The first kappa shape index (κ1) is 12.2. The summed E-state index contributed by atoms with van der Waals surface area (Å²) < 4.78 is 5.34. The van der Waals surface area contributed by atoms with Crippen LogP contribution in [0.3, 0.4) is 0 Å². The smallest absolute Gasteiger partial charge is 0.333 e. The van der Waals surface area contributed by atoms with Crippen molar-refractivity contribution in [3.8, 4) is 0 Å². The van der Waals surface area contributed by atoms with Crippen LogP contribution in [0.5, 0.6) is 0 Å². The molecule has 1 heterocycles. The third-order valence-electron chi connectivity index (χ3n) is 5.68. The first-order valence-corrected chi connectivity index (χ1v) is 6.96. The molecule has 0 amide bonds. The number of carbonyl (C=O) groups excluding carboxylic acids is 1. The predicted octanol–water partition coefficient (Wildman–Crippen LogP) is 2.78. The van der Waals surface area contributed by atoms with E-state index in [9.17, 15) is 9.90 Å². The second-order valence-electron chi connectivity index (χ2n) is 7.09. The van der Waals surface area contributed by atoms with Gasteiger partial charge in [0.2, 0.25) is 5.79 Å². The highest BCUT2D eigenvalue weighted by molar-refractivity contribution is 5.86. The predicted molar refractivity (Wildman–Crippen MR) is 67.6 cm³/mol. The molecule has 0 aromatic carbocycles. The molecule has 2 aliphatic carbocycles. The summed E-state index contributed by atoms with van der Waals surface area (Å²) in [6.07, 6.45) is 6.55. The molecule has 0 aromatic heterocycles. The second-order valence-corrected chi connectivity index (χ2v) is 7.09. The lowest BCUT2D eigenvalue weighted by molar-refractivity contribution is -0.267. The number of aliphatic hydroxyl groups is 1. The topological polar surface area (TPSA) is 46.5 Å². The van der Waals surface area contributed by atoms with Crippen molar-refractivity contribution < 1.29 is 14.6 Å². The van der Waals surface area contributed by atoms with Crippen molar-refractivity contribution in [1.82, 2.24) is 0 Å². The molecule has 3 atom stereocenters. The molecule has 100 valence electrons. The summed E-state index contributed by atoms with van der Waals surface area (Å²) in [5.74, 6) is -1.31. The van der Waals surface area contributed by atoms with Gasteiger partial charge in [-0.3, -0.25) is 0 Å². The van der Waals surface area contributed by atoms with Gasteiger partial charge in [0.05, 0.1) is 0 Å². The largest absolute Gasteiger partial charge is 0.425 e. The van der Waals surface area contributed by atoms with Crippen molar-refractivity contribution in [2.45, 2.75) is 58.7 Å². The lowest BCUT2D eigenvalue weighted by atomic mass is 9.49. The zero-order valence-electron chi connectivity index (χ0n) is 11.5. The fourth-order valence-corrected chi connectivity index (χ4v) is 4.74. The molecule has 0 saturated heterocycles. The fraction of sp³-hybridized carbons (Fsp3) is 0.800. The molecule has 0 spiro atoms. The van der Waals surface area contributed by atoms with E-state index in [1.165, 1.54) is 12.5 Å². The molecule has 18 heavy (non-hydrogen) atoms. The molecule has 3 nitrogen and oxygen atoms in total. The number of fused-ring (bicyclic) bond motifs is 3. The van der Waals surface area contributed by atoms with Crippen LogP contribution in [-0.2, 0) is 9.53 Å². The summed E-state index contributed by atoms with van der Waals surface area (Å²) in [4.78, 5) is 11.5. The standard InChI is InChI=1S/C15H22O3/c1-13(2)7-4-8-14(3)11(13)6-5-10-9-12(16)18-15(10,14)17/h9,11,17H,4-8H2,1-3H3. The molecule has 2 saturated carbocycles. The maximum absolute atomic E-state index is 11.5. The van der Waals surface area contributed by atoms with E-state index in [0.717, 1.165) is 31.3 Å². The molecule has 0 radical (unpaired) electrons. The van der Waals surface area contributed by atoms with Crippen molar-refractivity contribution in [2.24, 2.45) is 16.7 Å². The third-order valence-corrected chi connectivity index (χ3v) is 5.68. The first-order chi connectivity index (χ1) is 8.30. The molecule has 0 aromatic rings. The number of esters is 1. The summed E-state index contributed by atoms with van der Waals surface area (Å²) in [6, 6.07) is 0. The minimum atomic E-state index is -1.34. The first-order valence-electron chi connectivity index (χ1n) is 6.96. The lowest BCUT2D eigenvalue weighted by Gasteiger charge is -2.58. The summed E-state index contributed by atoms with van der Waals surface area (Å²) in [7, 11) is 0. The highest BCUT2D eigenvalue weighted by atomic mass is 16.7. The second kappa shape index (κ2) is 3.38. The molecular weight excluding hydrogens is 228 g/mol. The number of carbonyl (C=O) groups is 1. The van der Waals surface area contributed by atoms with E-state index >= 15 is 0 Å². The monoisotopic (exact) mass is 250 g/mol. The molecule has 2 fully saturated rings. The van der Waals surface area contributed by atoms with E-state index in [4.69, 9.17) is 4.74 Å². The van der Waals surface area contributed by atoms with Gasteiger partial charge < -0.3 is 9.84 Å². The van der Waals surface area contributed by atoms with Gasteiger partial charge >= 0.3 is 5.97 Å². The van der Waals surface area contributed by atoms with Crippen LogP contribution in [0, 0.1) is 16.7 Å². The average Bonchev–Trinajstić information content (AvgIpc) is 2.53. The summed E-state index contributed by atoms with van der Waals surface area (Å²) in [5, 5.41) is 11.0. The van der Waals surface area contributed by atoms with Gasteiger partial charge in [-0.1, -0.05) is 27.2 Å². The zero-order valence-corrected chi connectivity index (χ0v) is 11.5. The Hall–Kier alpha value is -0.830. The molecular formula is C15H22O3. The number of ether oxygens (including phenoxy) is 1. The van der Waals surface area contributed by atoms with Crippen LogP contribution >= 0.6 is 0 Å². The highest BCUT2D eigenvalue weighted by Gasteiger charge is 2.64. The minimum Gasteiger partial charge on any atom is -0.425 e. The van der Waals surface area contributed by atoms with Crippen LogP contribution in [0.4, 0.5) is 0 Å². The minimum absolute atomic E-state index is 0.212. The molecule has 3 aliphatic rings. The van der Waals surface area contributed by atoms with Gasteiger partial charge in [0, 0.05) is 17.1 Å². The fourth-order valence-electron chi connectivity index (χ4n) is 4.74. The molecule has 3 heteroatoms. The SMILES string of the molecule is CC1(C)CCCC2(C)C1CCC1=CC(=O)OC12O. The van der Waals surface area contributed by atoms with E-state index in [-0.39, 0.29) is 16.8 Å². The van der Waals surface area contributed by atoms with Crippen LogP contribution in [0.1, 0.15) is 52.9 Å². The Bertz CT molecular complexity index is 437. The van der Waals surface area contributed by atoms with Gasteiger partial charge in [-0.2, -0.15) is 0 Å². The Morgan fingerprint density at radius 2 is 2.06 bits per heavy atom. The van der Waals surface area contributed by atoms with Gasteiger partial charge in [-0.05, 0) is 37.0 Å². The third kappa shape index (κ3) is 1.31. The van der Waals surface area contributed by atoms with Crippen molar-refractivity contribution in [1.29, 1.82) is 0 Å². The van der Waals surface area contributed by atoms with Gasteiger partial charge in [0.15, 0.2) is 0 Å². The Labute approximate surface area is 108 Å². The Morgan fingerprint density at radius 1 is 1.33 bits per heavy atom. The van der Waals surface area contributed by atoms with E-state index in [0.29, 0.717) is 5.92 Å². The quantitative estimate of drug-likeness (QED) is 0.672. The Balaban J connectivity index is 2.08. The van der Waals surface area contributed by atoms with Crippen molar-refractivity contribution in [3.63, 3.8) is 0 Å². The van der Waals surface area contributed by atoms with Crippen LogP contribution in [0.25, 0.3) is 0 Å². The van der Waals surface area contributed by atoms with Gasteiger partial charge in [0.25, 0.3) is 0 Å². The number of hydrogen-bond donors (Lipinski definition) is 1. The maximum Gasteiger partial charge on any atom is 0.333 e. The van der Waals surface area contributed by atoms with Gasteiger partial charge in [-0.25, -0.2) is 4.79 Å². The van der Waals surface area contributed by atoms with Crippen LogP contribution in [0.2, 0.25) is 0 Å². The lowest BCUT2D eigenvalue weighted by Crippen LogP contribution is -2.60. The summed E-state index contributed by atoms with van der Waals surface area (Å²) in [6.45, 7) is 6.66. The molecule has 1 aliphatic heterocycles. The molecule has 1 N–H and O–H groups in total. The van der Waals surface area contributed by atoms with Crippen molar-refractivity contribution in [3.05, 3.63) is 11.6 Å². The van der Waals surface area contributed by atoms with E-state index < -0.39 is 5.79 Å². The Kier molecular flexibility index (Phi) is 2.30. The van der Waals surface area contributed by atoms with Crippen LogP contribution in [0.15, 0.2) is 11.6 Å². The van der Waals surface area contributed by atoms with Crippen molar-refractivity contribution in [2.75, 3.05) is 0 Å². The molecule has 3 unspecified atom stereocenters. The normalized spacial score (nSPS) is 45.9. The summed E-state index contributed by atoms with van der Waals surface area (Å²) in [5.41, 5.74) is 0.679. The van der Waals surface area contributed by atoms with Crippen LogP contribution < -0.4 is 0 Å². The van der Waals surface area contributed by atoms with Gasteiger partial charge in [0.1, 0.15) is 0 Å². The summed E-state index contributed by atoms with van der Waals surface area (Å²) >= 11 is 0. The van der Waals surface area contributed by atoms with E-state index in [1.54, 1.807) is 0 Å². The highest BCUT2D eigenvalue weighted by Crippen LogP contribution is 2.63. The number of rotatable bonds is 0. The van der Waals surface area contributed by atoms with E-state index in [1.807, 2.05) is 0 Å². The average molecular weight is 250 g/mol. The van der Waals surface area contributed by atoms with Crippen LogP contribution in [-0.4, -0.2) is 16.9 Å².